The molecule has 1 N–H and O–H groups in total. The average Bonchev–Trinajstić information content (AvgIpc) is 3.32. The Kier molecular flexibility index (Phi) is 6.65. The number of hydrogen-bond donors (Lipinski definition) is 1. The van der Waals surface area contributed by atoms with Crippen LogP contribution in [0.2, 0.25) is 0 Å². The van der Waals surface area contributed by atoms with Crippen molar-refractivity contribution in [3.05, 3.63) is 71.3 Å². The molecule has 1 atom stereocenters. The van der Waals surface area contributed by atoms with Crippen LogP contribution in [0.25, 0.3) is 0 Å². The van der Waals surface area contributed by atoms with Gasteiger partial charge in [-0.05, 0) is 48.9 Å². The summed E-state index contributed by atoms with van der Waals surface area (Å²) in [6.07, 6.45) is 4.59. The van der Waals surface area contributed by atoms with Crippen LogP contribution in [0.1, 0.15) is 55.2 Å². The van der Waals surface area contributed by atoms with E-state index in [4.69, 9.17) is 4.74 Å². The number of rotatable bonds is 7. The Hall–Kier alpha value is -3.15. The summed E-state index contributed by atoms with van der Waals surface area (Å²) < 4.78 is 5.52. The van der Waals surface area contributed by atoms with Gasteiger partial charge < -0.3 is 10.1 Å². The van der Waals surface area contributed by atoms with E-state index >= 15 is 0 Å². The lowest BCUT2D eigenvalue weighted by molar-refractivity contribution is -0.136. The number of hydrazone groups is 1. The minimum atomic E-state index is -0.171. The maximum atomic E-state index is 12.8. The van der Waals surface area contributed by atoms with Gasteiger partial charge in [0.05, 0.1) is 12.5 Å². The van der Waals surface area contributed by atoms with Crippen molar-refractivity contribution >= 4 is 17.7 Å². The molecule has 0 aromatic heterocycles. The first kappa shape index (κ1) is 21.1. The zero-order valence-corrected chi connectivity index (χ0v) is 17.9. The van der Waals surface area contributed by atoms with E-state index in [2.05, 4.69) is 10.4 Å². The molecule has 2 amide bonds. The summed E-state index contributed by atoms with van der Waals surface area (Å²) in [5.41, 5.74) is 2.86. The summed E-state index contributed by atoms with van der Waals surface area (Å²) in [6, 6.07) is 17.6. The molecule has 0 radical (unpaired) electrons. The molecule has 6 heteroatoms. The number of benzene rings is 2. The van der Waals surface area contributed by atoms with E-state index in [1.54, 1.807) is 0 Å². The van der Waals surface area contributed by atoms with Crippen molar-refractivity contribution in [3.8, 4) is 0 Å². The fourth-order valence-electron chi connectivity index (χ4n) is 4.46. The number of likely N-dealkylation sites (N-methyl/N-ethyl adjacent to an activating group) is 1. The van der Waals surface area contributed by atoms with Crippen LogP contribution in [-0.4, -0.2) is 35.9 Å². The molecule has 1 aliphatic heterocycles. The Balaban J connectivity index is 1.50. The largest absolute Gasteiger partial charge is 0.466 e. The fraction of sp³-hybridized carbons (Fsp3) is 0.400. The third kappa shape index (κ3) is 4.95. The highest BCUT2D eigenvalue weighted by atomic mass is 16.5. The van der Waals surface area contributed by atoms with Crippen LogP contribution in [-0.2, 0) is 20.9 Å². The van der Waals surface area contributed by atoms with Crippen LogP contribution in [0.15, 0.2) is 59.7 Å². The predicted octanol–water partition coefficient (Wildman–Crippen LogP) is 3.82. The molecular weight excluding hydrogens is 390 g/mol. The van der Waals surface area contributed by atoms with Crippen molar-refractivity contribution in [2.24, 2.45) is 11.0 Å². The first-order chi connectivity index (χ1) is 15.2. The van der Waals surface area contributed by atoms with Gasteiger partial charge in [-0.25, -0.2) is 5.01 Å². The molecule has 1 aliphatic carbocycles. The standard InChI is InChI=1S/C25H29N3O3/c1-2-26-24(30)23(19-8-6-7-9-19)20-14-12-18(13-15-20)16-28-22(29)17-31-25(27-28)21-10-4-3-5-11-21/h3-5,10-15,19,23H,2,6-9,16-17H2,1H3,(H,26,30). The van der Waals surface area contributed by atoms with E-state index in [0.717, 1.165) is 29.5 Å². The quantitative estimate of drug-likeness (QED) is 0.742. The molecule has 1 saturated carbocycles. The number of nitrogens with zero attached hydrogens (tertiary/aromatic N) is 2. The number of hydrogen-bond acceptors (Lipinski definition) is 4. The summed E-state index contributed by atoms with van der Waals surface area (Å²) in [5.74, 6) is 0.687. The van der Waals surface area contributed by atoms with Gasteiger partial charge in [-0.1, -0.05) is 55.3 Å². The van der Waals surface area contributed by atoms with Crippen molar-refractivity contribution in [2.45, 2.75) is 45.1 Å². The minimum Gasteiger partial charge on any atom is -0.466 e. The molecule has 2 aromatic carbocycles. The molecule has 0 saturated heterocycles. The summed E-state index contributed by atoms with van der Waals surface area (Å²) >= 11 is 0. The summed E-state index contributed by atoms with van der Waals surface area (Å²) in [5, 5.41) is 8.88. The molecule has 1 fully saturated rings. The molecule has 6 nitrogen and oxygen atoms in total. The molecule has 2 aromatic rings. The molecule has 2 aliphatic rings. The second-order valence-electron chi connectivity index (χ2n) is 8.17. The zero-order valence-electron chi connectivity index (χ0n) is 17.9. The van der Waals surface area contributed by atoms with E-state index in [9.17, 15) is 9.59 Å². The van der Waals surface area contributed by atoms with Crippen molar-refractivity contribution in [3.63, 3.8) is 0 Å². The normalized spacial score (nSPS) is 17.8. The number of ether oxygens (including phenoxy) is 1. The van der Waals surface area contributed by atoms with Gasteiger partial charge in [0.1, 0.15) is 0 Å². The Bertz CT molecular complexity index is 934. The molecule has 162 valence electrons. The van der Waals surface area contributed by atoms with Crippen LogP contribution >= 0.6 is 0 Å². The van der Waals surface area contributed by atoms with E-state index in [-0.39, 0.29) is 24.3 Å². The Morgan fingerprint density at radius 2 is 1.84 bits per heavy atom. The smallest absolute Gasteiger partial charge is 0.281 e. The van der Waals surface area contributed by atoms with Crippen LogP contribution in [0.5, 0.6) is 0 Å². The number of nitrogens with one attached hydrogen (secondary N) is 1. The number of carbonyl (C=O) groups is 2. The van der Waals surface area contributed by atoms with Crippen LogP contribution in [0.3, 0.4) is 0 Å². The van der Waals surface area contributed by atoms with Gasteiger partial charge in [0, 0.05) is 12.1 Å². The highest BCUT2D eigenvalue weighted by Crippen LogP contribution is 2.37. The third-order valence-corrected chi connectivity index (χ3v) is 6.03. The van der Waals surface area contributed by atoms with Crippen molar-refractivity contribution < 1.29 is 14.3 Å². The molecule has 31 heavy (non-hydrogen) atoms. The van der Waals surface area contributed by atoms with E-state index < -0.39 is 0 Å². The fourth-order valence-corrected chi connectivity index (χ4v) is 4.46. The molecule has 0 spiro atoms. The molecule has 1 unspecified atom stereocenters. The Morgan fingerprint density at radius 1 is 1.13 bits per heavy atom. The van der Waals surface area contributed by atoms with E-state index in [0.29, 0.717) is 24.9 Å². The van der Waals surface area contributed by atoms with Gasteiger partial charge in [0.15, 0.2) is 6.61 Å². The first-order valence-corrected chi connectivity index (χ1v) is 11.1. The van der Waals surface area contributed by atoms with Gasteiger partial charge in [0.2, 0.25) is 11.8 Å². The molecule has 4 rings (SSSR count). The van der Waals surface area contributed by atoms with Crippen LogP contribution in [0.4, 0.5) is 0 Å². The average molecular weight is 420 g/mol. The lowest BCUT2D eigenvalue weighted by atomic mass is 9.84. The predicted molar refractivity (Wildman–Crippen MR) is 119 cm³/mol. The van der Waals surface area contributed by atoms with Crippen molar-refractivity contribution in [1.29, 1.82) is 0 Å². The molecule has 1 heterocycles. The highest BCUT2D eigenvalue weighted by molar-refractivity contribution is 5.97. The maximum Gasteiger partial charge on any atom is 0.281 e. The minimum absolute atomic E-state index is 0.0211. The monoisotopic (exact) mass is 419 g/mol. The Morgan fingerprint density at radius 3 is 2.52 bits per heavy atom. The van der Waals surface area contributed by atoms with Crippen LogP contribution in [0, 0.1) is 5.92 Å². The van der Waals surface area contributed by atoms with Gasteiger partial charge >= 0.3 is 0 Å². The molecular formula is C25H29N3O3. The molecule has 0 bridgehead atoms. The lowest BCUT2D eigenvalue weighted by Crippen LogP contribution is -2.36. The third-order valence-electron chi connectivity index (χ3n) is 6.03. The van der Waals surface area contributed by atoms with Crippen LogP contribution < -0.4 is 5.32 Å². The second kappa shape index (κ2) is 9.77. The SMILES string of the molecule is CCNC(=O)C(c1ccc(CN2N=C(c3ccccc3)OCC2=O)cc1)C1CCCC1. The summed E-state index contributed by atoms with van der Waals surface area (Å²) in [4.78, 5) is 25.1. The van der Waals surface area contributed by atoms with Gasteiger partial charge in [-0.15, -0.1) is 5.10 Å². The maximum absolute atomic E-state index is 12.8. The number of amides is 2. The topological polar surface area (TPSA) is 71.0 Å². The first-order valence-electron chi connectivity index (χ1n) is 11.1. The lowest BCUT2D eigenvalue weighted by Gasteiger charge is -2.25. The van der Waals surface area contributed by atoms with E-state index in [1.165, 1.54) is 17.9 Å². The van der Waals surface area contributed by atoms with Crippen molar-refractivity contribution in [1.82, 2.24) is 10.3 Å². The number of carbonyl (C=O) groups excluding carboxylic acids is 2. The van der Waals surface area contributed by atoms with Gasteiger partial charge in [0.25, 0.3) is 5.91 Å². The second-order valence-corrected chi connectivity index (χ2v) is 8.17. The Labute approximate surface area is 183 Å². The van der Waals surface area contributed by atoms with Crippen molar-refractivity contribution in [2.75, 3.05) is 13.2 Å². The highest BCUT2D eigenvalue weighted by Gasteiger charge is 2.31. The zero-order chi connectivity index (χ0) is 21.6. The van der Waals surface area contributed by atoms with Gasteiger partial charge in [-0.2, -0.15) is 0 Å². The van der Waals surface area contributed by atoms with Gasteiger partial charge in [-0.3, -0.25) is 9.59 Å². The summed E-state index contributed by atoms with van der Waals surface area (Å²) in [7, 11) is 0. The van der Waals surface area contributed by atoms with E-state index in [1.807, 2.05) is 61.5 Å². The summed E-state index contributed by atoms with van der Waals surface area (Å²) in [6.45, 7) is 2.94.